The Morgan fingerprint density at radius 1 is 0.444 bits per heavy atom. The second kappa shape index (κ2) is 17.7. The molecular weight excluding hydrogens is 490 g/mol. The summed E-state index contributed by atoms with van der Waals surface area (Å²) in [5.74, 6) is 0. The zero-order valence-corrected chi connectivity index (χ0v) is 18.9. The number of hydrogen-bond acceptors (Lipinski definition) is 0. The van der Waals surface area contributed by atoms with Crippen molar-refractivity contribution in [2.45, 2.75) is 13.1 Å². The summed E-state index contributed by atoms with van der Waals surface area (Å²) in [6.07, 6.45) is 8.58. The maximum absolute atomic E-state index is 9.67. The molecule has 0 fully saturated rings. The molecule has 0 aliphatic heterocycles. The van der Waals surface area contributed by atoms with Crippen molar-refractivity contribution in [1.82, 2.24) is 0 Å². The molecule has 0 atom stereocenters. The normalized spacial score (nSPS) is 9.17. The molecule has 0 aliphatic carbocycles. The van der Waals surface area contributed by atoms with Gasteiger partial charge in [0.1, 0.15) is 0 Å². The summed E-state index contributed by atoms with van der Waals surface area (Å²) in [6, 6.07) is 29.8. The topological polar surface area (TPSA) is 7.76 Å². The summed E-state index contributed by atoms with van der Waals surface area (Å²) in [5, 5.41) is 0. The van der Waals surface area contributed by atoms with Gasteiger partial charge in [-0.15, -0.1) is 0 Å². The van der Waals surface area contributed by atoms with E-state index in [-0.39, 0.29) is 9.41 Å². The predicted octanol–water partition coefficient (Wildman–Crippen LogP) is -0.207. The van der Waals surface area contributed by atoms with Crippen LogP contribution in [0.1, 0.15) is 11.1 Å². The molecule has 2 heterocycles. The number of benzene rings is 2. The van der Waals surface area contributed by atoms with Gasteiger partial charge in [0.05, 0.1) is 0 Å². The van der Waals surface area contributed by atoms with E-state index in [0.717, 1.165) is 13.1 Å². The first-order valence-electron chi connectivity index (χ1n) is 10.2. The molecule has 12 heteroatoms. The lowest BCUT2D eigenvalue weighted by atomic mass is 10.1. The average molecular weight is 512 g/mol. The molecule has 2 nitrogen and oxygen atoms in total. The van der Waals surface area contributed by atoms with E-state index in [4.69, 9.17) is 0 Å². The van der Waals surface area contributed by atoms with E-state index in [2.05, 4.69) is 119 Å². The van der Waals surface area contributed by atoms with Crippen LogP contribution in [0.25, 0.3) is 11.1 Å². The average Bonchev–Trinajstić information content (AvgIpc) is 2.81. The van der Waals surface area contributed by atoms with E-state index in [9.17, 15) is 25.9 Å². The van der Waals surface area contributed by atoms with Crippen molar-refractivity contribution in [2.75, 3.05) is 0 Å². The molecular formula is C24H22B2F8N2. The molecule has 0 saturated carbocycles. The van der Waals surface area contributed by atoms with E-state index in [1.807, 2.05) is 0 Å². The Morgan fingerprint density at radius 2 is 0.694 bits per heavy atom. The van der Waals surface area contributed by atoms with Crippen molar-refractivity contribution in [3.8, 4) is 11.1 Å². The van der Waals surface area contributed by atoms with E-state index in [0.29, 0.717) is 0 Å². The smallest absolute Gasteiger partial charge is 0.762 e. The van der Waals surface area contributed by atoms with Crippen molar-refractivity contribution in [3.63, 3.8) is 0 Å². The van der Waals surface area contributed by atoms with Crippen LogP contribution in [0.15, 0.2) is 110 Å². The van der Waals surface area contributed by atoms with E-state index in [1.165, 1.54) is 22.3 Å². The number of pyridine rings is 2. The standard InChI is InChI=1S/C24H22N2.2BF3.2FH/c1-3-7-21(8-4-1)19-25-15-11-23(12-16-25)24-13-17-26(18-14-24)20-22-9-5-2-6-10-22;2*2-1(3)4;;/h1-18H,19-20H2;;;2*1H/q+2;;;;/p-2. The predicted molar refractivity (Wildman–Crippen MR) is 122 cm³/mol. The minimum absolute atomic E-state index is 0. The number of rotatable bonds is 5. The van der Waals surface area contributed by atoms with E-state index < -0.39 is 15.1 Å². The van der Waals surface area contributed by atoms with Crippen LogP contribution in [0, 0.1) is 0 Å². The first-order chi connectivity index (χ1) is 16.3. The molecule has 2 aromatic carbocycles. The molecule has 0 bridgehead atoms. The largest absolute Gasteiger partial charge is 1.00 e. The summed E-state index contributed by atoms with van der Waals surface area (Å²) in [6.45, 7) is 1.79. The molecule has 36 heavy (non-hydrogen) atoms. The van der Waals surface area contributed by atoms with Gasteiger partial charge in [-0.1, -0.05) is 60.7 Å². The van der Waals surface area contributed by atoms with Gasteiger partial charge >= 0.3 is 15.1 Å². The highest BCUT2D eigenvalue weighted by molar-refractivity contribution is 6.33. The third-order valence-electron chi connectivity index (χ3n) is 4.53. The first kappa shape index (κ1) is 32.3. The maximum atomic E-state index is 9.67. The summed E-state index contributed by atoms with van der Waals surface area (Å²) in [7, 11) is -7.33. The fraction of sp³-hybridized carbons (Fsp3) is 0.0833. The molecule has 0 spiro atoms. The minimum atomic E-state index is -3.67. The Bertz CT molecular complexity index is 978. The lowest BCUT2D eigenvalue weighted by Crippen LogP contribution is -3.00. The number of aromatic nitrogens is 2. The highest BCUT2D eigenvalue weighted by Gasteiger charge is 2.08. The number of halogens is 8. The van der Waals surface area contributed by atoms with Crippen molar-refractivity contribution >= 4 is 15.1 Å². The van der Waals surface area contributed by atoms with Crippen LogP contribution in [-0.4, -0.2) is 15.1 Å². The molecule has 0 amide bonds. The van der Waals surface area contributed by atoms with Crippen molar-refractivity contribution in [2.24, 2.45) is 0 Å². The van der Waals surface area contributed by atoms with Crippen LogP contribution in [0.2, 0.25) is 0 Å². The Morgan fingerprint density at radius 3 is 0.944 bits per heavy atom. The van der Waals surface area contributed by atoms with Crippen LogP contribution in [0.3, 0.4) is 0 Å². The number of nitrogens with zero attached hydrogens (tertiary/aromatic N) is 2. The van der Waals surface area contributed by atoms with Gasteiger partial charge in [-0.25, -0.2) is 9.13 Å². The highest BCUT2D eigenvalue weighted by Crippen LogP contribution is 2.16. The lowest BCUT2D eigenvalue weighted by molar-refractivity contribution is -0.688. The van der Waals surface area contributed by atoms with Crippen LogP contribution in [0.5, 0.6) is 0 Å². The van der Waals surface area contributed by atoms with Gasteiger partial charge < -0.3 is 9.41 Å². The fourth-order valence-corrected chi connectivity index (χ4v) is 3.10. The first-order valence-corrected chi connectivity index (χ1v) is 10.2. The zero-order valence-electron chi connectivity index (χ0n) is 18.9. The van der Waals surface area contributed by atoms with Gasteiger partial charge in [0.2, 0.25) is 0 Å². The maximum Gasteiger partial charge on any atom is 0.762 e. The van der Waals surface area contributed by atoms with Crippen LogP contribution < -0.4 is 18.5 Å². The second-order valence-corrected chi connectivity index (χ2v) is 6.98. The monoisotopic (exact) mass is 512 g/mol. The van der Waals surface area contributed by atoms with Crippen molar-refractivity contribution in [3.05, 3.63) is 121 Å². The Labute approximate surface area is 205 Å². The number of hydrogen-bond donors (Lipinski definition) is 0. The van der Waals surface area contributed by atoms with Crippen molar-refractivity contribution < 1.29 is 44.4 Å². The van der Waals surface area contributed by atoms with E-state index >= 15 is 0 Å². The Hall–Kier alpha value is -3.69. The zero-order chi connectivity index (χ0) is 24.8. The van der Waals surface area contributed by atoms with Gasteiger partial charge in [-0.3, -0.25) is 25.9 Å². The molecule has 0 unspecified atom stereocenters. The molecule has 4 aromatic rings. The van der Waals surface area contributed by atoms with Gasteiger partial charge in [0.25, 0.3) is 0 Å². The summed E-state index contributed by atoms with van der Waals surface area (Å²) >= 11 is 0. The molecule has 4 rings (SSSR count). The second-order valence-electron chi connectivity index (χ2n) is 6.98. The molecule has 190 valence electrons. The molecule has 2 aromatic heterocycles. The fourth-order valence-electron chi connectivity index (χ4n) is 3.10. The third kappa shape index (κ3) is 13.3. The lowest BCUT2D eigenvalue weighted by Gasteiger charge is -2.02. The SMILES string of the molecule is FB(F)F.FB(F)F.[F-].[F-].c1ccc(C[n+]2ccc(-c3cc[n+](Cc4ccccc4)cc3)cc2)cc1. The molecule has 0 N–H and O–H groups in total. The molecule has 0 aliphatic rings. The summed E-state index contributed by atoms with van der Waals surface area (Å²) in [5.41, 5.74) is 5.10. The quantitative estimate of drug-likeness (QED) is 0.199. The van der Waals surface area contributed by atoms with Crippen LogP contribution in [-0.2, 0) is 13.1 Å². The minimum Gasteiger partial charge on any atom is -1.00 e. The van der Waals surface area contributed by atoms with Crippen LogP contribution in [0.4, 0.5) is 25.9 Å². The van der Waals surface area contributed by atoms with Gasteiger partial charge in [-0.2, -0.15) is 0 Å². The summed E-state index contributed by atoms with van der Waals surface area (Å²) in [4.78, 5) is 0. The van der Waals surface area contributed by atoms with E-state index in [1.54, 1.807) is 0 Å². The van der Waals surface area contributed by atoms with Crippen molar-refractivity contribution in [1.29, 1.82) is 0 Å². The molecule has 0 saturated heterocycles. The summed E-state index contributed by atoms with van der Waals surface area (Å²) < 4.78 is 62.4. The van der Waals surface area contributed by atoms with Gasteiger partial charge in [0.15, 0.2) is 37.9 Å². The highest BCUT2D eigenvalue weighted by atomic mass is 19.4. The van der Waals surface area contributed by atoms with Crippen LogP contribution >= 0.6 is 0 Å². The third-order valence-corrected chi connectivity index (χ3v) is 4.53. The molecule has 0 radical (unpaired) electrons. The Balaban J connectivity index is 0.00000108. The van der Waals surface area contributed by atoms with Gasteiger partial charge in [-0.05, 0) is 11.1 Å². The van der Waals surface area contributed by atoms with Gasteiger partial charge in [0, 0.05) is 35.4 Å². The Kier molecular flexibility index (Phi) is 15.9.